The van der Waals surface area contributed by atoms with Crippen molar-refractivity contribution in [3.8, 4) is 5.75 Å². The highest BCUT2D eigenvalue weighted by Crippen LogP contribution is 2.20. The van der Waals surface area contributed by atoms with Gasteiger partial charge in [-0.3, -0.25) is 14.0 Å². The topological polar surface area (TPSA) is 83.7 Å². The van der Waals surface area contributed by atoms with Crippen LogP contribution in [0.2, 0.25) is 0 Å². The Morgan fingerprint density at radius 3 is 2.83 bits per heavy atom. The molecule has 0 spiro atoms. The normalized spacial score (nSPS) is 15.2. The highest BCUT2D eigenvalue weighted by Gasteiger charge is 2.20. The van der Waals surface area contributed by atoms with E-state index in [2.05, 4.69) is 10.3 Å². The Labute approximate surface area is 137 Å². The molecule has 0 atom stereocenters. The van der Waals surface area contributed by atoms with Crippen LogP contribution in [0.5, 0.6) is 5.75 Å². The number of aromatic hydroxyl groups is 1. The van der Waals surface area contributed by atoms with E-state index in [9.17, 15) is 14.7 Å². The fourth-order valence-corrected chi connectivity index (χ4v) is 3.33. The Balaban J connectivity index is 1.87. The summed E-state index contributed by atoms with van der Waals surface area (Å²) in [6, 6.07) is 7.99. The van der Waals surface area contributed by atoms with Gasteiger partial charge < -0.3 is 10.4 Å². The molecular weight excluding hydrogens is 306 g/mol. The number of rotatable bonds is 2. The molecule has 0 radical (unpaired) electrons. The number of phenolic OH excluding ortho intramolecular Hbond substituents is 1. The van der Waals surface area contributed by atoms with Crippen LogP contribution in [0.1, 0.15) is 36.0 Å². The van der Waals surface area contributed by atoms with E-state index in [1.165, 1.54) is 16.5 Å². The molecular formula is C18H17N3O3. The van der Waals surface area contributed by atoms with Crippen molar-refractivity contribution in [3.63, 3.8) is 0 Å². The lowest BCUT2D eigenvalue weighted by Gasteiger charge is -2.13. The SMILES string of the molecule is O=C(NC1CCCC1)c1cccn2c(=O)c3cc(O)ccc3nc12. The molecule has 24 heavy (non-hydrogen) atoms. The smallest absolute Gasteiger partial charge is 0.265 e. The number of benzene rings is 1. The standard InChI is InChI=1S/C18H17N3O3/c22-12-7-8-15-14(10-12)18(24)21-9-3-6-13(16(21)20-15)17(23)19-11-4-1-2-5-11/h3,6-11,22H,1-2,4-5H2,(H,19,23). The second kappa shape index (κ2) is 5.63. The number of aromatic nitrogens is 2. The summed E-state index contributed by atoms with van der Waals surface area (Å²) < 4.78 is 1.35. The van der Waals surface area contributed by atoms with E-state index in [0.29, 0.717) is 22.1 Å². The number of nitrogens with zero attached hydrogens (tertiary/aromatic N) is 2. The quantitative estimate of drug-likeness (QED) is 0.708. The van der Waals surface area contributed by atoms with Crippen LogP contribution in [-0.2, 0) is 0 Å². The molecule has 122 valence electrons. The third kappa shape index (κ3) is 2.40. The summed E-state index contributed by atoms with van der Waals surface area (Å²) in [5, 5.41) is 12.9. The van der Waals surface area contributed by atoms with Crippen LogP contribution in [0.25, 0.3) is 16.6 Å². The van der Waals surface area contributed by atoms with Gasteiger partial charge in [0, 0.05) is 12.2 Å². The van der Waals surface area contributed by atoms with Crippen molar-refractivity contribution in [2.45, 2.75) is 31.7 Å². The first-order valence-corrected chi connectivity index (χ1v) is 8.08. The number of carbonyl (C=O) groups is 1. The van der Waals surface area contributed by atoms with Crippen LogP contribution in [0.15, 0.2) is 41.3 Å². The number of hydrogen-bond donors (Lipinski definition) is 2. The maximum atomic E-state index is 12.6. The van der Waals surface area contributed by atoms with Gasteiger partial charge in [0.05, 0.1) is 16.5 Å². The van der Waals surface area contributed by atoms with Gasteiger partial charge in [-0.2, -0.15) is 0 Å². The number of pyridine rings is 1. The second-order valence-corrected chi connectivity index (χ2v) is 6.19. The predicted octanol–water partition coefficient (Wildman–Crippen LogP) is 2.23. The van der Waals surface area contributed by atoms with E-state index in [0.717, 1.165) is 25.7 Å². The molecule has 1 aliphatic carbocycles. The Morgan fingerprint density at radius 2 is 2.04 bits per heavy atom. The fraction of sp³-hybridized carbons (Fsp3) is 0.278. The maximum Gasteiger partial charge on any atom is 0.265 e. The largest absolute Gasteiger partial charge is 0.508 e. The lowest BCUT2D eigenvalue weighted by Crippen LogP contribution is -2.33. The molecule has 2 N–H and O–H groups in total. The minimum Gasteiger partial charge on any atom is -0.508 e. The van der Waals surface area contributed by atoms with Crippen LogP contribution < -0.4 is 10.9 Å². The van der Waals surface area contributed by atoms with E-state index in [4.69, 9.17) is 0 Å². The van der Waals surface area contributed by atoms with Crippen molar-refractivity contribution in [2.75, 3.05) is 0 Å². The maximum absolute atomic E-state index is 12.6. The number of nitrogens with one attached hydrogen (secondary N) is 1. The molecule has 2 heterocycles. The Bertz CT molecular complexity index is 1000. The molecule has 2 aromatic heterocycles. The van der Waals surface area contributed by atoms with Gasteiger partial charge in [-0.15, -0.1) is 0 Å². The lowest BCUT2D eigenvalue weighted by atomic mass is 10.2. The van der Waals surface area contributed by atoms with Crippen molar-refractivity contribution >= 4 is 22.5 Å². The fourth-order valence-electron chi connectivity index (χ4n) is 3.33. The number of phenols is 1. The molecule has 6 nitrogen and oxygen atoms in total. The average Bonchev–Trinajstić information content (AvgIpc) is 3.08. The van der Waals surface area contributed by atoms with E-state index >= 15 is 0 Å². The summed E-state index contributed by atoms with van der Waals surface area (Å²) >= 11 is 0. The van der Waals surface area contributed by atoms with Gasteiger partial charge in [0.1, 0.15) is 5.75 Å². The van der Waals surface area contributed by atoms with Gasteiger partial charge >= 0.3 is 0 Å². The minimum absolute atomic E-state index is 0.0106. The molecule has 4 rings (SSSR count). The van der Waals surface area contributed by atoms with E-state index < -0.39 is 0 Å². The van der Waals surface area contributed by atoms with Crippen molar-refractivity contribution in [2.24, 2.45) is 0 Å². The van der Waals surface area contributed by atoms with Crippen LogP contribution in [0, 0.1) is 0 Å². The summed E-state index contributed by atoms with van der Waals surface area (Å²) in [6.45, 7) is 0. The second-order valence-electron chi connectivity index (χ2n) is 6.19. The lowest BCUT2D eigenvalue weighted by molar-refractivity contribution is 0.0939. The van der Waals surface area contributed by atoms with Crippen molar-refractivity contribution < 1.29 is 9.90 Å². The number of hydrogen-bond acceptors (Lipinski definition) is 4. The van der Waals surface area contributed by atoms with Crippen molar-refractivity contribution in [1.29, 1.82) is 0 Å². The summed E-state index contributed by atoms with van der Waals surface area (Å²) in [7, 11) is 0. The first-order chi connectivity index (χ1) is 11.6. The molecule has 3 aromatic rings. The van der Waals surface area contributed by atoms with E-state index in [1.807, 2.05) is 0 Å². The highest BCUT2D eigenvalue weighted by atomic mass is 16.3. The predicted molar refractivity (Wildman–Crippen MR) is 90.4 cm³/mol. The third-order valence-corrected chi connectivity index (χ3v) is 4.56. The molecule has 1 amide bonds. The summed E-state index contributed by atoms with van der Waals surface area (Å²) in [5.41, 5.74) is 0.869. The Kier molecular flexibility index (Phi) is 3.45. The molecule has 6 heteroatoms. The van der Waals surface area contributed by atoms with Gasteiger partial charge in [0.15, 0.2) is 5.65 Å². The number of carbonyl (C=O) groups excluding carboxylic acids is 1. The first-order valence-electron chi connectivity index (χ1n) is 8.08. The average molecular weight is 323 g/mol. The van der Waals surface area contributed by atoms with Crippen LogP contribution in [0.3, 0.4) is 0 Å². The summed E-state index contributed by atoms with van der Waals surface area (Å²) in [6.07, 6.45) is 5.83. The molecule has 1 aliphatic rings. The molecule has 0 unspecified atom stereocenters. The van der Waals surface area contributed by atoms with Crippen LogP contribution in [0.4, 0.5) is 0 Å². The third-order valence-electron chi connectivity index (χ3n) is 4.56. The number of fused-ring (bicyclic) bond motifs is 2. The zero-order valence-electron chi connectivity index (χ0n) is 13.0. The van der Waals surface area contributed by atoms with Gasteiger partial charge in [0.2, 0.25) is 0 Å². The molecule has 1 fully saturated rings. The van der Waals surface area contributed by atoms with E-state index in [1.54, 1.807) is 24.4 Å². The Morgan fingerprint density at radius 1 is 1.25 bits per heavy atom. The van der Waals surface area contributed by atoms with Gasteiger partial charge in [0.25, 0.3) is 11.5 Å². The van der Waals surface area contributed by atoms with Crippen LogP contribution in [-0.4, -0.2) is 26.4 Å². The monoisotopic (exact) mass is 323 g/mol. The number of amides is 1. The molecule has 0 saturated heterocycles. The van der Waals surface area contributed by atoms with Crippen LogP contribution >= 0.6 is 0 Å². The minimum atomic E-state index is -0.304. The summed E-state index contributed by atoms with van der Waals surface area (Å²) in [5.74, 6) is -0.193. The first kappa shape index (κ1) is 14.7. The van der Waals surface area contributed by atoms with Gasteiger partial charge in [-0.1, -0.05) is 12.8 Å². The van der Waals surface area contributed by atoms with Gasteiger partial charge in [-0.05, 0) is 43.2 Å². The van der Waals surface area contributed by atoms with Crippen molar-refractivity contribution in [3.05, 3.63) is 52.4 Å². The van der Waals surface area contributed by atoms with Gasteiger partial charge in [-0.25, -0.2) is 4.98 Å². The zero-order valence-corrected chi connectivity index (χ0v) is 13.0. The molecule has 1 saturated carbocycles. The molecule has 0 bridgehead atoms. The van der Waals surface area contributed by atoms with E-state index in [-0.39, 0.29) is 23.3 Å². The molecule has 1 aromatic carbocycles. The van der Waals surface area contributed by atoms with Crippen molar-refractivity contribution in [1.82, 2.24) is 14.7 Å². The molecule has 0 aliphatic heterocycles. The summed E-state index contributed by atoms with van der Waals surface area (Å²) in [4.78, 5) is 29.7. The zero-order chi connectivity index (χ0) is 16.7. The highest BCUT2D eigenvalue weighted by molar-refractivity contribution is 6.00. The Hall–Kier alpha value is -2.89.